The summed E-state index contributed by atoms with van der Waals surface area (Å²) in [5, 5.41) is 22.4. The van der Waals surface area contributed by atoms with Gasteiger partial charge in [-0.05, 0) is 6.42 Å². The number of nitrogens with one attached hydrogen (secondary N) is 1. The Kier molecular flexibility index (Phi) is 1.87. The summed E-state index contributed by atoms with van der Waals surface area (Å²) in [6.07, 6.45) is -0.206. The predicted molar refractivity (Wildman–Crippen MR) is 48.7 cm³/mol. The van der Waals surface area contributed by atoms with Crippen molar-refractivity contribution < 1.29 is 10.2 Å². The summed E-state index contributed by atoms with van der Waals surface area (Å²) in [5.74, 6) is 0. The van der Waals surface area contributed by atoms with Gasteiger partial charge in [-0.2, -0.15) is 0 Å². The molecule has 0 radical (unpaired) electrons. The zero-order valence-corrected chi connectivity index (χ0v) is 7.49. The van der Waals surface area contributed by atoms with Gasteiger partial charge in [0.05, 0.1) is 0 Å². The first-order chi connectivity index (χ1) is 6.17. The van der Waals surface area contributed by atoms with Crippen LogP contribution in [0.5, 0.6) is 0 Å². The largest absolute Gasteiger partial charge is 0.374 e. The maximum absolute atomic E-state index is 10.1. The second-order valence-electron chi connectivity index (χ2n) is 3.35. The van der Waals surface area contributed by atoms with Gasteiger partial charge >= 0.3 is 0 Å². The Morgan fingerprint density at radius 1 is 1.46 bits per heavy atom. The predicted octanol–water partition coefficient (Wildman–Crippen LogP) is 0.836. The van der Waals surface area contributed by atoms with Crippen molar-refractivity contribution >= 4 is 0 Å². The second kappa shape index (κ2) is 2.80. The van der Waals surface area contributed by atoms with Crippen LogP contribution in [-0.2, 0) is 5.72 Å². The van der Waals surface area contributed by atoms with Crippen LogP contribution in [0.1, 0.15) is 30.7 Å². The zero-order chi connectivity index (χ0) is 9.47. The van der Waals surface area contributed by atoms with E-state index in [0.29, 0.717) is 6.42 Å². The normalized spacial score (nSPS) is 31.8. The molecule has 1 aliphatic heterocycles. The molecule has 2 atom stereocenters. The lowest BCUT2D eigenvalue weighted by Gasteiger charge is -2.22. The fourth-order valence-corrected chi connectivity index (χ4v) is 1.79. The Morgan fingerprint density at radius 2 is 2.15 bits per heavy atom. The van der Waals surface area contributed by atoms with E-state index in [2.05, 4.69) is 5.32 Å². The molecular formula is C10H13NO2. The van der Waals surface area contributed by atoms with Crippen molar-refractivity contribution in [1.29, 1.82) is 0 Å². The number of aliphatic hydroxyl groups is 2. The van der Waals surface area contributed by atoms with Crippen molar-refractivity contribution in [2.75, 3.05) is 0 Å². The molecule has 0 fully saturated rings. The van der Waals surface area contributed by atoms with Crippen LogP contribution in [0.15, 0.2) is 24.3 Å². The van der Waals surface area contributed by atoms with E-state index in [1.54, 1.807) is 0 Å². The summed E-state index contributed by atoms with van der Waals surface area (Å²) in [4.78, 5) is 0. The van der Waals surface area contributed by atoms with E-state index in [0.717, 1.165) is 11.1 Å². The topological polar surface area (TPSA) is 52.5 Å². The highest BCUT2D eigenvalue weighted by molar-refractivity contribution is 5.37. The van der Waals surface area contributed by atoms with Crippen molar-refractivity contribution in [2.45, 2.75) is 25.3 Å². The minimum Gasteiger partial charge on any atom is -0.374 e. The molecule has 0 aliphatic carbocycles. The molecule has 2 rings (SSSR count). The molecule has 0 saturated carbocycles. The summed E-state index contributed by atoms with van der Waals surface area (Å²) in [6, 6.07) is 7.37. The zero-order valence-electron chi connectivity index (χ0n) is 7.49. The molecule has 2 unspecified atom stereocenters. The van der Waals surface area contributed by atoms with Gasteiger partial charge in [-0.25, -0.2) is 0 Å². The van der Waals surface area contributed by atoms with Crippen LogP contribution in [0.3, 0.4) is 0 Å². The third-order valence-electron chi connectivity index (χ3n) is 2.59. The maximum atomic E-state index is 10.1. The lowest BCUT2D eigenvalue weighted by molar-refractivity contribution is -0.0331. The first-order valence-corrected chi connectivity index (χ1v) is 4.45. The molecule has 3 nitrogen and oxygen atoms in total. The van der Waals surface area contributed by atoms with Crippen molar-refractivity contribution in [3.8, 4) is 0 Å². The summed E-state index contributed by atoms with van der Waals surface area (Å²) >= 11 is 0. The van der Waals surface area contributed by atoms with Crippen LogP contribution in [-0.4, -0.2) is 10.2 Å². The van der Waals surface area contributed by atoms with Crippen molar-refractivity contribution in [3.63, 3.8) is 0 Å². The molecular weight excluding hydrogens is 166 g/mol. The first kappa shape index (κ1) is 8.69. The van der Waals surface area contributed by atoms with Gasteiger partial charge in [0, 0.05) is 11.1 Å². The van der Waals surface area contributed by atoms with Crippen LogP contribution < -0.4 is 5.32 Å². The molecule has 0 bridgehead atoms. The summed E-state index contributed by atoms with van der Waals surface area (Å²) in [6.45, 7) is 1.88. The van der Waals surface area contributed by atoms with E-state index in [4.69, 9.17) is 0 Å². The van der Waals surface area contributed by atoms with Crippen molar-refractivity contribution in [1.82, 2.24) is 5.32 Å². The van der Waals surface area contributed by atoms with Crippen LogP contribution in [0.25, 0.3) is 0 Å². The average molecular weight is 179 g/mol. The molecule has 0 spiro atoms. The molecule has 3 heteroatoms. The molecule has 1 aromatic rings. The van der Waals surface area contributed by atoms with E-state index in [-0.39, 0.29) is 0 Å². The fourth-order valence-electron chi connectivity index (χ4n) is 1.79. The standard InChI is InChI=1S/C10H13NO2/c1-2-10(13)8-6-4-3-5-7(8)9(12)11-10/h3-6,9,11-13H,2H2,1H3. The van der Waals surface area contributed by atoms with Crippen molar-refractivity contribution in [3.05, 3.63) is 35.4 Å². The van der Waals surface area contributed by atoms with Gasteiger partial charge in [0.25, 0.3) is 0 Å². The van der Waals surface area contributed by atoms with Crippen LogP contribution in [0.2, 0.25) is 0 Å². The van der Waals surface area contributed by atoms with Gasteiger partial charge in [0.15, 0.2) is 0 Å². The van der Waals surface area contributed by atoms with Gasteiger partial charge in [0.1, 0.15) is 12.0 Å². The fraction of sp³-hybridized carbons (Fsp3) is 0.400. The Hall–Kier alpha value is -0.900. The third kappa shape index (κ3) is 1.16. The van der Waals surface area contributed by atoms with Crippen LogP contribution in [0, 0.1) is 0 Å². The van der Waals surface area contributed by atoms with E-state index < -0.39 is 12.0 Å². The van der Waals surface area contributed by atoms with E-state index in [1.165, 1.54) is 0 Å². The number of benzene rings is 1. The average Bonchev–Trinajstić information content (AvgIpc) is 2.42. The molecule has 1 heterocycles. The van der Waals surface area contributed by atoms with Gasteiger partial charge in [-0.3, -0.25) is 5.32 Å². The Morgan fingerprint density at radius 3 is 2.85 bits per heavy atom. The molecule has 0 saturated heterocycles. The molecule has 0 aromatic heterocycles. The minimum absolute atomic E-state index is 0.543. The van der Waals surface area contributed by atoms with E-state index >= 15 is 0 Å². The van der Waals surface area contributed by atoms with Gasteiger partial charge in [-0.1, -0.05) is 31.2 Å². The summed E-state index contributed by atoms with van der Waals surface area (Å²) in [7, 11) is 0. The van der Waals surface area contributed by atoms with Crippen molar-refractivity contribution in [2.24, 2.45) is 0 Å². The highest BCUT2D eigenvalue weighted by Gasteiger charge is 2.39. The highest BCUT2D eigenvalue weighted by Crippen LogP contribution is 2.36. The number of rotatable bonds is 1. The molecule has 3 N–H and O–H groups in total. The minimum atomic E-state index is -1.06. The van der Waals surface area contributed by atoms with Crippen LogP contribution in [0.4, 0.5) is 0 Å². The van der Waals surface area contributed by atoms with E-state index in [9.17, 15) is 10.2 Å². The lowest BCUT2D eigenvalue weighted by Crippen LogP contribution is -2.37. The van der Waals surface area contributed by atoms with Gasteiger partial charge < -0.3 is 10.2 Å². The second-order valence-corrected chi connectivity index (χ2v) is 3.35. The molecule has 70 valence electrons. The lowest BCUT2D eigenvalue weighted by atomic mass is 10.00. The Balaban J connectivity index is 2.53. The number of aliphatic hydroxyl groups excluding tert-OH is 1. The quantitative estimate of drug-likeness (QED) is 0.598. The highest BCUT2D eigenvalue weighted by atomic mass is 16.3. The molecule has 0 amide bonds. The maximum Gasteiger partial charge on any atom is 0.144 e. The number of hydrogen-bond acceptors (Lipinski definition) is 3. The smallest absolute Gasteiger partial charge is 0.144 e. The van der Waals surface area contributed by atoms with Gasteiger partial charge in [0.2, 0.25) is 0 Å². The summed E-state index contributed by atoms with van der Waals surface area (Å²) in [5.41, 5.74) is 0.493. The van der Waals surface area contributed by atoms with Crippen LogP contribution >= 0.6 is 0 Å². The molecule has 1 aliphatic rings. The van der Waals surface area contributed by atoms with E-state index in [1.807, 2.05) is 31.2 Å². The first-order valence-electron chi connectivity index (χ1n) is 4.45. The molecule has 13 heavy (non-hydrogen) atoms. The number of hydrogen-bond donors (Lipinski definition) is 3. The monoisotopic (exact) mass is 179 g/mol. The SMILES string of the molecule is CCC1(O)NC(O)c2ccccc21. The Bertz CT molecular complexity index is 326. The van der Waals surface area contributed by atoms with Gasteiger partial charge in [-0.15, -0.1) is 0 Å². The third-order valence-corrected chi connectivity index (χ3v) is 2.59. The Labute approximate surface area is 77.0 Å². The number of fused-ring (bicyclic) bond motifs is 1. The summed E-state index contributed by atoms with van der Waals surface area (Å²) < 4.78 is 0. The molecule has 1 aromatic carbocycles.